The third-order valence-electron chi connectivity index (χ3n) is 3.59. The van der Waals surface area contributed by atoms with Gasteiger partial charge in [-0.1, -0.05) is 0 Å². The Morgan fingerprint density at radius 2 is 2.17 bits per heavy atom. The highest BCUT2D eigenvalue weighted by Crippen LogP contribution is 2.14. The van der Waals surface area contributed by atoms with Crippen LogP contribution in [0.2, 0.25) is 0 Å². The predicted molar refractivity (Wildman–Crippen MR) is 79.6 cm³/mol. The van der Waals surface area contributed by atoms with Gasteiger partial charge in [0.2, 0.25) is 5.91 Å². The largest absolute Gasteiger partial charge is 0.467 e. The fraction of sp³-hybridized carbons (Fsp3) is 0.500. The molecule has 1 amide bonds. The zero-order valence-electron chi connectivity index (χ0n) is 13.2. The third kappa shape index (κ3) is 3.62. The van der Waals surface area contributed by atoms with Crippen molar-refractivity contribution in [2.45, 2.75) is 32.7 Å². The highest BCUT2D eigenvalue weighted by molar-refractivity contribution is 5.84. The lowest BCUT2D eigenvalue weighted by molar-refractivity contribution is -0.146. The number of rotatable bonds is 6. The molecule has 2 rings (SSSR count). The fourth-order valence-corrected chi connectivity index (χ4v) is 2.34. The molecule has 9 heteroatoms. The predicted octanol–water partition coefficient (Wildman–Crippen LogP) is -0.676. The number of carbonyl (C=O) groups excluding carboxylic acids is 2. The molecule has 0 aliphatic carbocycles. The van der Waals surface area contributed by atoms with Crippen LogP contribution in [0.5, 0.6) is 0 Å². The van der Waals surface area contributed by atoms with Crippen molar-refractivity contribution in [3.05, 3.63) is 23.3 Å². The molecule has 23 heavy (non-hydrogen) atoms. The van der Waals surface area contributed by atoms with Crippen molar-refractivity contribution in [2.24, 2.45) is 0 Å². The molecule has 0 spiro atoms. The highest BCUT2D eigenvalue weighted by atomic mass is 16.5. The van der Waals surface area contributed by atoms with E-state index < -0.39 is 18.6 Å². The molecule has 2 aromatic heterocycles. The van der Waals surface area contributed by atoms with Crippen LogP contribution in [0.1, 0.15) is 23.4 Å². The minimum atomic E-state index is -1.05. The van der Waals surface area contributed by atoms with E-state index >= 15 is 0 Å². The van der Waals surface area contributed by atoms with Gasteiger partial charge in [-0.3, -0.25) is 4.79 Å². The molecule has 2 N–H and O–H groups in total. The molecule has 2 heterocycles. The van der Waals surface area contributed by atoms with Crippen molar-refractivity contribution in [3.63, 3.8) is 0 Å². The quantitative estimate of drug-likeness (QED) is 0.677. The molecule has 1 atom stereocenters. The first-order valence-corrected chi connectivity index (χ1v) is 7.11. The van der Waals surface area contributed by atoms with Gasteiger partial charge < -0.3 is 15.2 Å². The van der Waals surface area contributed by atoms with Crippen LogP contribution in [0.25, 0.3) is 5.78 Å². The number of ether oxygens (including phenoxy) is 1. The van der Waals surface area contributed by atoms with Crippen LogP contribution in [0.4, 0.5) is 0 Å². The number of aryl methyl sites for hydroxylation is 2. The van der Waals surface area contributed by atoms with E-state index in [1.54, 1.807) is 4.52 Å². The van der Waals surface area contributed by atoms with Crippen LogP contribution >= 0.6 is 0 Å². The van der Waals surface area contributed by atoms with Gasteiger partial charge in [0, 0.05) is 17.8 Å². The maximum absolute atomic E-state index is 12.0. The number of amides is 1. The fourth-order valence-electron chi connectivity index (χ4n) is 2.34. The Hall–Kier alpha value is -2.55. The first-order valence-electron chi connectivity index (χ1n) is 7.11. The number of carbonyl (C=O) groups is 2. The molecular weight excluding hydrogens is 302 g/mol. The summed E-state index contributed by atoms with van der Waals surface area (Å²) in [7, 11) is 1.20. The van der Waals surface area contributed by atoms with Crippen LogP contribution in [0, 0.1) is 13.8 Å². The van der Waals surface area contributed by atoms with Crippen LogP contribution in [0.3, 0.4) is 0 Å². The molecule has 0 unspecified atom stereocenters. The first kappa shape index (κ1) is 16.8. The first-order chi connectivity index (χ1) is 11.0. The SMILES string of the molecule is COC(=O)[C@@H](CO)NC(=O)CCc1c(C)nc2ncnn2c1C. The molecule has 0 radical (unpaired) electrons. The molecule has 0 aliphatic rings. The van der Waals surface area contributed by atoms with Gasteiger partial charge in [-0.2, -0.15) is 10.1 Å². The van der Waals surface area contributed by atoms with E-state index in [1.807, 2.05) is 13.8 Å². The van der Waals surface area contributed by atoms with E-state index in [2.05, 4.69) is 25.1 Å². The summed E-state index contributed by atoms with van der Waals surface area (Å²) in [6.45, 7) is 3.22. The minimum Gasteiger partial charge on any atom is -0.467 e. The Kier molecular flexibility index (Phi) is 5.22. The zero-order chi connectivity index (χ0) is 17.0. The molecule has 124 valence electrons. The van der Waals surface area contributed by atoms with Crippen molar-refractivity contribution in [2.75, 3.05) is 13.7 Å². The molecule has 2 aromatic rings. The van der Waals surface area contributed by atoms with Gasteiger partial charge >= 0.3 is 5.97 Å². The van der Waals surface area contributed by atoms with Crippen molar-refractivity contribution in [1.82, 2.24) is 24.9 Å². The lowest BCUT2D eigenvalue weighted by atomic mass is 10.1. The summed E-state index contributed by atoms with van der Waals surface area (Å²) >= 11 is 0. The second kappa shape index (κ2) is 7.14. The van der Waals surface area contributed by atoms with Crippen LogP contribution in [-0.4, -0.2) is 56.3 Å². The highest BCUT2D eigenvalue weighted by Gasteiger charge is 2.20. The monoisotopic (exact) mass is 321 g/mol. The number of hydrogen-bond donors (Lipinski definition) is 2. The molecule has 9 nitrogen and oxygen atoms in total. The van der Waals surface area contributed by atoms with E-state index in [-0.39, 0.29) is 12.3 Å². The number of aromatic nitrogens is 4. The molecule has 0 bridgehead atoms. The molecular formula is C14H19N5O4. The summed E-state index contributed by atoms with van der Waals surface area (Å²) in [5.41, 5.74) is 2.55. The molecule has 0 aliphatic heterocycles. The van der Waals surface area contributed by atoms with Crippen LogP contribution < -0.4 is 5.32 Å². The van der Waals surface area contributed by atoms with E-state index in [0.29, 0.717) is 12.2 Å². The Labute approximate surface area is 132 Å². The molecule has 0 aromatic carbocycles. The Morgan fingerprint density at radius 3 is 2.83 bits per heavy atom. The Morgan fingerprint density at radius 1 is 1.43 bits per heavy atom. The van der Waals surface area contributed by atoms with Gasteiger partial charge in [-0.15, -0.1) is 0 Å². The minimum absolute atomic E-state index is 0.150. The number of aliphatic hydroxyl groups is 1. The lowest BCUT2D eigenvalue weighted by Crippen LogP contribution is -2.44. The molecule has 0 fully saturated rings. The van der Waals surface area contributed by atoms with Gasteiger partial charge in [-0.25, -0.2) is 14.3 Å². The summed E-state index contributed by atoms with van der Waals surface area (Å²) in [5, 5.41) is 15.6. The van der Waals surface area contributed by atoms with Crippen molar-refractivity contribution < 1.29 is 19.4 Å². The van der Waals surface area contributed by atoms with Crippen LogP contribution in [-0.2, 0) is 20.7 Å². The second-order valence-corrected chi connectivity index (χ2v) is 5.06. The summed E-state index contributed by atoms with van der Waals surface area (Å²) in [4.78, 5) is 31.7. The van der Waals surface area contributed by atoms with E-state index in [0.717, 1.165) is 17.0 Å². The number of hydrogen-bond acceptors (Lipinski definition) is 7. The maximum Gasteiger partial charge on any atom is 0.330 e. The number of nitrogens with zero attached hydrogens (tertiary/aromatic N) is 4. The Bertz CT molecular complexity index is 727. The summed E-state index contributed by atoms with van der Waals surface area (Å²) in [5.74, 6) is -0.523. The van der Waals surface area contributed by atoms with E-state index in [9.17, 15) is 9.59 Å². The number of fused-ring (bicyclic) bond motifs is 1. The Balaban J connectivity index is 2.06. The number of esters is 1. The van der Waals surface area contributed by atoms with E-state index in [1.165, 1.54) is 13.4 Å². The average Bonchev–Trinajstić information content (AvgIpc) is 3.00. The van der Waals surface area contributed by atoms with Gasteiger partial charge in [0.15, 0.2) is 6.04 Å². The van der Waals surface area contributed by atoms with Crippen molar-refractivity contribution in [3.8, 4) is 0 Å². The third-order valence-corrected chi connectivity index (χ3v) is 3.59. The summed E-state index contributed by atoms with van der Waals surface area (Å²) in [6, 6.07) is -1.05. The standard InChI is InChI=1S/C14H19N5O4/c1-8-10(9(2)19-14(17-8)15-7-16-19)4-5-12(21)18-11(6-20)13(22)23-3/h7,11,20H,4-6H2,1-3H3,(H,18,21)/t11-/m1/s1. The van der Waals surface area contributed by atoms with Crippen molar-refractivity contribution in [1.29, 1.82) is 0 Å². The smallest absolute Gasteiger partial charge is 0.330 e. The van der Waals surface area contributed by atoms with Gasteiger partial charge in [0.05, 0.1) is 13.7 Å². The normalized spacial score (nSPS) is 12.2. The second-order valence-electron chi connectivity index (χ2n) is 5.06. The molecule has 0 saturated carbocycles. The molecule has 0 saturated heterocycles. The number of nitrogens with one attached hydrogen (secondary N) is 1. The topological polar surface area (TPSA) is 119 Å². The summed E-state index contributed by atoms with van der Waals surface area (Å²) in [6.07, 6.45) is 2.01. The lowest BCUT2D eigenvalue weighted by Gasteiger charge is -2.14. The van der Waals surface area contributed by atoms with Gasteiger partial charge in [0.1, 0.15) is 6.33 Å². The number of aliphatic hydroxyl groups excluding tert-OH is 1. The summed E-state index contributed by atoms with van der Waals surface area (Å²) < 4.78 is 6.12. The van der Waals surface area contributed by atoms with Gasteiger partial charge in [-0.05, 0) is 25.8 Å². The van der Waals surface area contributed by atoms with Crippen LogP contribution in [0.15, 0.2) is 6.33 Å². The average molecular weight is 321 g/mol. The number of methoxy groups -OCH3 is 1. The van der Waals surface area contributed by atoms with Crippen molar-refractivity contribution >= 4 is 17.7 Å². The maximum atomic E-state index is 12.0. The van der Waals surface area contributed by atoms with E-state index in [4.69, 9.17) is 5.11 Å². The van der Waals surface area contributed by atoms with Gasteiger partial charge in [0.25, 0.3) is 5.78 Å². The zero-order valence-corrected chi connectivity index (χ0v) is 13.2.